The van der Waals surface area contributed by atoms with Gasteiger partial charge in [-0.05, 0) is 26.2 Å². The summed E-state index contributed by atoms with van der Waals surface area (Å²) in [5, 5.41) is 7.26. The summed E-state index contributed by atoms with van der Waals surface area (Å²) in [7, 11) is 0. The number of rotatable bonds is 3. The first-order chi connectivity index (χ1) is 6.74. The van der Waals surface area contributed by atoms with Crippen molar-refractivity contribution < 1.29 is 4.52 Å². The zero-order valence-corrected chi connectivity index (χ0v) is 8.49. The molecule has 1 heterocycles. The molecule has 0 amide bonds. The molecular formula is C10H17N3O. The first-order valence-electron chi connectivity index (χ1n) is 5.15. The topological polar surface area (TPSA) is 64.1 Å². The van der Waals surface area contributed by atoms with Crippen LogP contribution in [0.1, 0.15) is 30.7 Å². The molecule has 1 fully saturated rings. The largest absolute Gasteiger partial charge is 0.360 e. The molecule has 4 nitrogen and oxygen atoms in total. The van der Waals surface area contributed by atoms with Gasteiger partial charge in [-0.1, -0.05) is 5.16 Å². The normalized spacial score (nSPS) is 27.0. The van der Waals surface area contributed by atoms with Crippen LogP contribution in [0.15, 0.2) is 10.6 Å². The highest BCUT2D eigenvalue weighted by Gasteiger charge is 2.21. The Bertz CT molecular complexity index is 297. The van der Waals surface area contributed by atoms with Crippen LogP contribution in [0, 0.1) is 6.92 Å². The molecule has 14 heavy (non-hydrogen) atoms. The third kappa shape index (κ3) is 2.33. The summed E-state index contributed by atoms with van der Waals surface area (Å²) < 4.78 is 5.11. The zero-order chi connectivity index (χ0) is 9.97. The first kappa shape index (κ1) is 9.68. The van der Waals surface area contributed by atoms with Gasteiger partial charge in [0, 0.05) is 18.2 Å². The number of nitrogens with two attached hydrogens (primary N) is 1. The van der Waals surface area contributed by atoms with Gasteiger partial charge in [0.1, 0.15) is 0 Å². The molecule has 0 saturated heterocycles. The number of aromatic nitrogens is 1. The Morgan fingerprint density at radius 1 is 1.64 bits per heavy atom. The van der Waals surface area contributed by atoms with Crippen molar-refractivity contribution in [3.63, 3.8) is 0 Å². The molecule has 1 aromatic rings. The van der Waals surface area contributed by atoms with Gasteiger partial charge in [0.2, 0.25) is 0 Å². The standard InChI is InChI=1S/C10H17N3O/c1-7-4-10(14-13-7)6-12-9-3-2-8(11)5-9/h4,8-9,12H,2-3,5-6,11H2,1H3. The summed E-state index contributed by atoms with van der Waals surface area (Å²) in [4.78, 5) is 0. The molecule has 3 N–H and O–H groups in total. The highest BCUT2D eigenvalue weighted by molar-refractivity contribution is 5.03. The van der Waals surface area contributed by atoms with E-state index in [1.54, 1.807) is 0 Å². The fraction of sp³-hybridized carbons (Fsp3) is 0.700. The van der Waals surface area contributed by atoms with Crippen LogP contribution in [0.4, 0.5) is 0 Å². The highest BCUT2D eigenvalue weighted by Crippen LogP contribution is 2.17. The summed E-state index contributed by atoms with van der Waals surface area (Å²) in [6.45, 7) is 2.69. The maximum absolute atomic E-state index is 5.82. The molecule has 0 radical (unpaired) electrons. The van der Waals surface area contributed by atoms with Crippen molar-refractivity contribution in [2.45, 2.75) is 44.8 Å². The minimum absolute atomic E-state index is 0.379. The first-order valence-corrected chi connectivity index (χ1v) is 5.15. The van der Waals surface area contributed by atoms with Gasteiger partial charge in [0.25, 0.3) is 0 Å². The van der Waals surface area contributed by atoms with Crippen molar-refractivity contribution >= 4 is 0 Å². The van der Waals surface area contributed by atoms with E-state index in [4.69, 9.17) is 10.3 Å². The molecule has 2 atom stereocenters. The van der Waals surface area contributed by atoms with E-state index in [0.717, 1.165) is 30.8 Å². The van der Waals surface area contributed by atoms with Crippen LogP contribution in [-0.4, -0.2) is 17.2 Å². The van der Waals surface area contributed by atoms with Crippen LogP contribution < -0.4 is 11.1 Å². The lowest BCUT2D eigenvalue weighted by Crippen LogP contribution is -2.27. The SMILES string of the molecule is Cc1cc(CNC2CCC(N)C2)on1. The second-order valence-electron chi connectivity index (χ2n) is 4.09. The predicted octanol–water partition coefficient (Wildman–Crippen LogP) is 0.952. The molecule has 2 rings (SSSR count). The summed E-state index contributed by atoms with van der Waals surface area (Å²) >= 11 is 0. The number of aryl methyl sites for hydroxylation is 1. The molecule has 4 heteroatoms. The molecule has 0 spiro atoms. The molecular weight excluding hydrogens is 178 g/mol. The van der Waals surface area contributed by atoms with E-state index in [1.807, 2.05) is 13.0 Å². The van der Waals surface area contributed by atoms with Gasteiger partial charge in [0.05, 0.1) is 12.2 Å². The van der Waals surface area contributed by atoms with E-state index in [1.165, 1.54) is 6.42 Å². The molecule has 1 aromatic heterocycles. The van der Waals surface area contributed by atoms with Crippen molar-refractivity contribution in [1.29, 1.82) is 0 Å². The minimum atomic E-state index is 0.379. The molecule has 1 aliphatic rings. The van der Waals surface area contributed by atoms with Crippen LogP contribution in [-0.2, 0) is 6.54 Å². The fourth-order valence-corrected chi connectivity index (χ4v) is 1.95. The summed E-state index contributed by atoms with van der Waals surface area (Å²) in [6, 6.07) is 2.89. The number of nitrogens with zero attached hydrogens (tertiary/aromatic N) is 1. The Labute approximate surface area is 83.8 Å². The minimum Gasteiger partial charge on any atom is -0.360 e. The number of hydrogen-bond donors (Lipinski definition) is 2. The average molecular weight is 195 g/mol. The van der Waals surface area contributed by atoms with Gasteiger partial charge in [-0.25, -0.2) is 0 Å². The lowest BCUT2D eigenvalue weighted by molar-refractivity contribution is 0.359. The Morgan fingerprint density at radius 3 is 3.07 bits per heavy atom. The Kier molecular flexibility index (Phi) is 2.84. The van der Waals surface area contributed by atoms with Crippen LogP contribution in [0.3, 0.4) is 0 Å². The zero-order valence-electron chi connectivity index (χ0n) is 8.49. The average Bonchev–Trinajstić information content (AvgIpc) is 2.72. The van der Waals surface area contributed by atoms with Crippen molar-refractivity contribution in [1.82, 2.24) is 10.5 Å². The fourth-order valence-electron chi connectivity index (χ4n) is 1.95. The van der Waals surface area contributed by atoms with Crippen molar-refractivity contribution in [2.24, 2.45) is 5.73 Å². The van der Waals surface area contributed by atoms with E-state index in [2.05, 4.69) is 10.5 Å². The number of nitrogens with one attached hydrogen (secondary N) is 1. The smallest absolute Gasteiger partial charge is 0.150 e. The molecule has 0 aliphatic heterocycles. The van der Waals surface area contributed by atoms with E-state index in [-0.39, 0.29) is 0 Å². The predicted molar refractivity (Wildman–Crippen MR) is 53.7 cm³/mol. The van der Waals surface area contributed by atoms with Gasteiger partial charge in [-0.15, -0.1) is 0 Å². The van der Waals surface area contributed by atoms with Gasteiger partial charge >= 0.3 is 0 Å². The van der Waals surface area contributed by atoms with E-state index in [9.17, 15) is 0 Å². The monoisotopic (exact) mass is 195 g/mol. The third-order valence-electron chi connectivity index (χ3n) is 2.71. The van der Waals surface area contributed by atoms with Gasteiger partial charge < -0.3 is 15.6 Å². The second kappa shape index (κ2) is 4.11. The van der Waals surface area contributed by atoms with E-state index >= 15 is 0 Å². The maximum Gasteiger partial charge on any atom is 0.150 e. The van der Waals surface area contributed by atoms with Crippen LogP contribution in [0.25, 0.3) is 0 Å². The number of hydrogen-bond acceptors (Lipinski definition) is 4. The molecule has 1 saturated carbocycles. The van der Waals surface area contributed by atoms with Crippen molar-refractivity contribution in [3.05, 3.63) is 17.5 Å². The van der Waals surface area contributed by atoms with Gasteiger partial charge in [0.15, 0.2) is 5.76 Å². The summed E-state index contributed by atoms with van der Waals surface area (Å²) in [6.07, 6.45) is 3.38. The molecule has 1 aliphatic carbocycles. The lowest BCUT2D eigenvalue weighted by atomic mass is 10.2. The van der Waals surface area contributed by atoms with Gasteiger partial charge in [-0.2, -0.15) is 0 Å². The third-order valence-corrected chi connectivity index (χ3v) is 2.71. The Balaban J connectivity index is 1.77. The van der Waals surface area contributed by atoms with E-state index < -0.39 is 0 Å². The Hall–Kier alpha value is -0.870. The van der Waals surface area contributed by atoms with Crippen molar-refractivity contribution in [3.8, 4) is 0 Å². The van der Waals surface area contributed by atoms with E-state index in [0.29, 0.717) is 12.1 Å². The van der Waals surface area contributed by atoms with Gasteiger partial charge in [-0.3, -0.25) is 0 Å². The van der Waals surface area contributed by atoms with Crippen molar-refractivity contribution in [2.75, 3.05) is 0 Å². The molecule has 2 unspecified atom stereocenters. The maximum atomic E-state index is 5.82. The Morgan fingerprint density at radius 2 is 2.50 bits per heavy atom. The molecule has 0 bridgehead atoms. The van der Waals surface area contributed by atoms with Crippen LogP contribution in [0.2, 0.25) is 0 Å². The summed E-state index contributed by atoms with van der Waals surface area (Å²) in [5.41, 5.74) is 6.76. The van der Waals surface area contributed by atoms with Crippen LogP contribution in [0.5, 0.6) is 0 Å². The lowest BCUT2D eigenvalue weighted by Gasteiger charge is -2.09. The quantitative estimate of drug-likeness (QED) is 0.753. The second-order valence-corrected chi connectivity index (χ2v) is 4.09. The summed E-state index contributed by atoms with van der Waals surface area (Å²) in [5.74, 6) is 0.906. The van der Waals surface area contributed by atoms with Crippen LogP contribution >= 0.6 is 0 Å². The highest BCUT2D eigenvalue weighted by atomic mass is 16.5. The molecule has 0 aromatic carbocycles. The molecule has 78 valence electrons.